The first-order valence-corrected chi connectivity index (χ1v) is 11.3. The van der Waals surface area contributed by atoms with Gasteiger partial charge in [0.1, 0.15) is 5.82 Å². The molecule has 33 heavy (non-hydrogen) atoms. The van der Waals surface area contributed by atoms with Crippen LogP contribution in [-0.2, 0) is 13.5 Å². The molecular weight excluding hydrogens is 414 g/mol. The summed E-state index contributed by atoms with van der Waals surface area (Å²) >= 11 is 0. The quantitative estimate of drug-likeness (QED) is 0.426. The molecule has 0 N–H and O–H groups in total. The van der Waals surface area contributed by atoms with Crippen molar-refractivity contribution >= 4 is 22.4 Å². The van der Waals surface area contributed by atoms with Crippen molar-refractivity contribution in [2.45, 2.75) is 13.3 Å². The molecule has 0 amide bonds. The standard InChI is InChI=1S/C25H27N7O/c1-3-31-6-8-32(9-7-31)25-12-18(4-5-26-25)24(33)13-22-10-19-11-23(21-16-29-30(2)17-21)28-15-20(19)14-27-22/h4-5,10-12,14-17H,3,6-9,13H2,1-2H3. The molecule has 5 rings (SSSR count). The highest BCUT2D eigenvalue weighted by Gasteiger charge is 2.18. The molecule has 4 aromatic heterocycles. The van der Waals surface area contributed by atoms with Crippen LogP contribution in [0.5, 0.6) is 0 Å². The number of ketones is 1. The van der Waals surface area contributed by atoms with Crippen LogP contribution in [0.4, 0.5) is 5.82 Å². The number of rotatable bonds is 6. The van der Waals surface area contributed by atoms with Gasteiger partial charge in [-0.25, -0.2) is 4.98 Å². The molecule has 0 saturated carbocycles. The van der Waals surface area contributed by atoms with Gasteiger partial charge in [0.2, 0.25) is 0 Å². The third-order valence-corrected chi connectivity index (χ3v) is 6.21. The molecule has 4 aromatic rings. The van der Waals surface area contributed by atoms with E-state index in [9.17, 15) is 4.79 Å². The van der Waals surface area contributed by atoms with Gasteiger partial charge in [-0.05, 0) is 36.2 Å². The number of Topliss-reactive ketones (excluding diaryl/α,β-unsaturated/α-hetero) is 1. The maximum absolute atomic E-state index is 13.1. The molecule has 0 aliphatic carbocycles. The average molecular weight is 442 g/mol. The smallest absolute Gasteiger partial charge is 0.169 e. The fourth-order valence-corrected chi connectivity index (χ4v) is 4.22. The first-order valence-electron chi connectivity index (χ1n) is 11.3. The minimum absolute atomic E-state index is 0.0410. The zero-order valence-electron chi connectivity index (χ0n) is 19.0. The van der Waals surface area contributed by atoms with Crippen molar-refractivity contribution in [3.8, 4) is 11.3 Å². The predicted molar refractivity (Wildman–Crippen MR) is 128 cm³/mol. The van der Waals surface area contributed by atoms with Crippen LogP contribution in [0.2, 0.25) is 0 Å². The van der Waals surface area contributed by atoms with Crippen molar-refractivity contribution in [3.05, 3.63) is 66.5 Å². The molecule has 5 heterocycles. The molecule has 0 atom stereocenters. The maximum Gasteiger partial charge on any atom is 0.169 e. The van der Waals surface area contributed by atoms with Gasteiger partial charge >= 0.3 is 0 Å². The van der Waals surface area contributed by atoms with Crippen LogP contribution in [0.1, 0.15) is 23.0 Å². The average Bonchev–Trinajstić information content (AvgIpc) is 3.30. The highest BCUT2D eigenvalue weighted by atomic mass is 16.1. The highest BCUT2D eigenvalue weighted by Crippen LogP contribution is 2.22. The number of hydrogen-bond donors (Lipinski definition) is 0. The number of aromatic nitrogens is 5. The van der Waals surface area contributed by atoms with Crippen molar-refractivity contribution in [1.29, 1.82) is 0 Å². The van der Waals surface area contributed by atoms with Gasteiger partial charge in [-0.15, -0.1) is 0 Å². The molecule has 1 saturated heterocycles. The van der Waals surface area contributed by atoms with E-state index in [4.69, 9.17) is 0 Å². The fourth-order valence-electron chi connectivity index (χ4n) is 4.22. The second kappa shape index (κ2) is 9.07. The van der Waals surface area contributed by atoms with Gasteiger partial charge in [0.05, 0.1) is 18.3 Å². The zero-order valence-corrected chi connectivity index (χ0v) is 19.0. The van der Waals surface area contributed by atoms with Crippen LogP contribution >= 0.6 is 0 Å². The van der Waals surface area contributed by atoms with Gasteiger partial charge in [-0.2, -0.15) is 5.10 Å². The van der Waals surface area contributed by atoms with Crippen molar-refractivity contribution in [3.63, 3.8) is 0 Å². The van der Waals surface area contributed by atoms with E-state index in [1.807, 2.05) is 37.6 Å². The molecular formula is C25H27N7O. The lowest BCUT2D eigenvalue weighted by Gasteiger charge is -2.34. The van der Waals surface area contributed by atoms with E-state index < -0.39 is 0 Å². The van der Waals surface area contributed by atoms with Gasteiger partial charge < -0.3 is 9.80 Å². The lowest BCUT2D eigenvalue weighted by molar-refractivity contribution is 0.0992. The molecule has 0 unspecified atom stereocenters. The summed E-state index contributed by atoms with van der Waals surface area (Å²) in [5, 5.41) is 6.17. The zero-order chi connectivity index (χ0) is 22.8. The summed E-state index contributed by atoms with van der Waals surface area (Å²) in [5.41, 5.74) is 3.22. The Bertz CT molecular complexity index is 1290. The normalized spacial score (nSPS) is 14.7. The minimum Gasteiger partial charge on any atom is -0.354 e. The number of likely N-dealkylation sites (N-methyl/N-ethyl adjacent to an activating group) is 1. The van der Waals surface area contributed by atoms with E-state index in [0.29, 0.717) is 5.56 Å². The summed E-state index contributed by atoms with van der Waals surface area (Å²) in [6.45, 7) is 7.15. The molecule has 168 valence electrons. The van der Waals surface area contributed by atoms with Crippen LogP contribution in [0.3, 0.4) is 0 Å². The van der Waals surface area contributed by atoms with Crippen molar-refractivity contribution in [2.75, 3.05) is 37.6 Å². The van der Waals surface area contributed by atoms with E-state index in [0.717, 1.165) is 66.3 Å². The fraction of sp³-hybridized carbons (Fsp3) is 0.320. The Morgan fingerprint density at radius 1 is 0.970 bits per heavy atom. The van der Waals surface area contributed by atoms with Crippen LogP contribution < -0.4 is 4.90 Å². The van der Waals surface area contributed by atoms with E-state index in [1.165, 1.54) is 0 Å². The van der Waals surface area contributed by atoms with Crippen molar-refractivity contribution < 1.29 is 4.79 Å². The van der Waals surface area contributed by atoms with Crippen LogP contribution in [-0.4, -0.2) is 68.1 Å². The summed E-state index contributed by atoms with van der Waals surface area (Å²) in [7, 11) is 1.88. The van der Waals surface area contributed by atoms with Gasteiger partial charge in [0.15, 0.2) is 5.78 Å². The number of carbonyl (C=O) groups is 1. The van der Waals surface area contributed by atoms with Crippen LogP contribution in [0, 0.1) is 0 Å². The number of piperazine rings is 1. The largest absolute Gasteiger partial charge is 0.354 e. The molecule has 1 aliphatic heterocycles. The number of aryl methyl sites for hydroxylation is 1. The molecule has 8 nitrogen and oxygen atoms in total. The number of anilines is 1. The lowest BCUT2D eigenvalue weighted by Crippen LogP contribution is -2.46. The van der Waals surface area contributed by atoms with E-state index in [-0.39, 0.29) is 12.2 Å². The SMILES string of the molecule is CCN1CCN(c2cc(C(=O)Cc3cc4cc(-c5cnn(C)c5)ncc4cn3)ccn2)CC1. The maximum atomic E-state index is 13.1. The predicted octanol–water partition coefficient (Wildman–Crippen LogP) is 2.99. The topological polar surface area (TPSA) is 80.0 Å². The Hall–Kier alpha value is -3.65. The Kier molecular flexibility index (Phi) is 5.83. The number of fused-ring (bicyclic) bond motifs is 1. The Balaban J connectivity index is 1.33. The summed E-state index contributed by atoms with van der Waals surface area (Å²) in [6.07, 6.45) is 9.29. The summed E-state index contributed by atoms with van der Waals surface area (Å²) < 4.78 is 1.75. The molecule has 0 spiro atoms. The van der Waals surface area contributed by atoms with E-state index >= 15 is 0 Å². The van der Waals surface area contributed by atoms with Crippen molar-refractivity contribution in [1.82, 2.24) is 29.6 Å². The number of carbonyl (C=O) groups excluding carboxylic acids is 1. The van der Waals surface area contributed by atoms with Gasteiger partial charge in [-0.3, -0.25) is 19.4 Å². The minimum atomic E-state index is 0.0410. The number of hydrogen-bond acceptors (Lipinski definition) is 7. The molecule has 8 heteroatoms. The third kappa shape index (κ3) is 4.61. The number of pyridine rings is 3. The highest BCUT2D eigenvalue weighted by molar-refractivity contribution is 5.98. The summed E-state index contributed by atoms with van der Waals surface area (Å²) in [5.74, 6) is 0.912. The Morgan fingerprint density at radius 3 is 2.55 bits per heavy atom. The van der Waals surface area contributed by atoms with Crippen LogP contribution in [0.15, 0.2) is 55.2 Å². The van der Waals surface area contributed by atoms with Gasteiger partial charge in [-0.1, -0.05) is 6.92 Å². The second-order valence-electron chi connectivity index (χ2n) is 8.42. The van der Waals surface area contributed by atoms with Gasteiger partial charge in [0, 0.05) is 80.2 Å². The molecule has 0 bridgehead atoms. The lowest BCUT2D eigenvalue weighted by atomic mass is 10.0. The molecule has 0 radical (unpaired) electrons. The summed E-state index contributed by atoms with van der Waals surface area (Å²) in [6, 6.07) is 7.69. The van der Waals surface area contributed by atoms with E-state index in [2.05, 4.69) is 36.8 Å². The third-order valence-electron chi connectivity index (χ3n) is 6.21. The van der Waals surface area contributed by atoms with E-state index in [1.54, 1.807) is 29.3 Å². The molecule has 1 fully saturated rings. The Morgan fingerprint density at radius 2 is 1.79 bits per heavy atom. The first kappa shape index (κ1) is 21.2. The van der Waals surface area contributed by atoms with Gasteiger partial charge in [0.25, 0.3) is 0 Å². The molecule has 1 aliphatic rings. The number of nitrogens with zero attached hydrogens (tertiary/aromatic N) is 7. The summed E-state index contributed by atoms with van der Waals surface area (Å²) in [4.78, 5) is 31.3. The molecule has 0 aromatic carbocycles. The monoisotopic (exact) mass is 441 g/mol. The van der Waals surface area contributed by atoms with Crippen molar-refractivity contribution in [2.24, 2.45) is 7.05 Å². The Labute approximate surface area is 192 Å². The van der Waals surface area contributed by atoms with Crippen LogP contribution in [0.25, 0.3) is 22.0 Å². The first-order chi connectivity index (χ1) is 16.1. The second-order valence-corrected chi connectivity index (χ2v) is 8.42.